The number of hydrogen-bond acceptors (Lipinski definition) is 6. The molecule has 0 N–H and O–H groups in total. The molecule has 1 amide bonds. The molecule has 0 atom stereocenters. The number of rotatable bonds is 4. The van der Waals surface area contributed by atoms with Crippen molar-refractivity contribution in [3.8, 4) is 0 Å². The van der Waals surface area contributed by atoms with Crippen molar-refractivity contribution in [2.24, 2.45) is 0 Å². The summed E-state index contributed by atoms with van der Waals surface area (Å²) in [4.78, 5) is 33.9. The van der Waals surface area contributed by atoms with Gasteiger partial charge in [0.25, 0.3) is 0 Å². The molecule has 1 aromatic rings. The van der Waals surface area contributed by atoms with Crippen LogP contribution in [-0.4, -0.2) is 61.5 Å². The molecular formula is C11H16N4O3. The van der Waals surface area contributed by atoms with E-state index in [9.17, 15) is 9.59 Å². The second kappa shape index (κ2) is 5.95. The number of likely N-dealkylation sites (N-methyl/N-ethyl adjacent to an activating group) is 2. The fourth-order valence-electron chi connectivity index (χ4n) is 1.17. The van der Waals surface area contributed by atoms with Gasteiger partial charge < -0.3 is 14.5 Å². The first-order chi connectivity index (χ1) is 8.45. The number of hydrogen-bond donors (Lipinski definition) is 0. The average molecular weight is 252 g/mol. The van der Waals surface area contributed by atoms with Gasteiger partial charge in [0.05, 0.1) is 26.0 Å². The highest BCUT2D eigenvalue weighted by Gasteiger charge is 2.13. The second-order valence-electron chi connectivity index (χ2n) is 3.90. The largest absolute Gasteiger partial charge is 0.464 e. The summed E-state index contributed by atoms with van der Waals surface area (Å²) < 4.78 is 4.56. The van der Waals surface area contributed by atoms with Crippen molar-refractivity contribution in [3.63, 3.8) is 0 Å². The van der Waals surface area contributed by atoms with E-state index in [0.29, 0.717) is 5.82 Å². The third-order valence-corrected chi connectivity index (χ3v) is 2.28. The molecule has 0 unspecified atom stereocenters. The van der Waals surface area contributed by atoms with E-state index in [0.717, 1.165) is 0 Å². The summed E-state index contributed by atoms with van der Waals surface area (Å²) in [6.45, 7) is 0.159. The molecule has 0 aliphatic rings. The van der Waals surface area contributed by atoms with Gasteiger partial charge >= 0.3 is 5.97 Å². The molecule has 7 heteroatoms. The predicted octanol–water partition coefficient (Wildman–Crippen LogP) is -0.212. The fourth-order valence-corrected chi connectivity index (χ4v) is 1.17. The summed E-state index contributed by atoms with van der Waals surface area (Å²) in [6.07, 6.45) is 2.80. The van der Waals surface area contributed by atoms with Gasteiger partial charge in [0.2, 0.25) is 5.91 Å². The first-order valence-corrected chi connectivity index (χ1v) is 5.27. The van der Waals surface area contributed by atoms with Gasteiger partial charge in [-0.3, -0.25) is 9.78 Å². The van der Waals surface area contributed by atoms with Crippen molar-refractivity contribution in [1.29, 1.82) is 0 Å². The molecule has 18 heavy (non-hydrogen) atoms. The van der Waals surface area contributed by atoms with E-state index in [2.05, 4.69) is 14.7 Å². The van der Waals surface area contributed by atoms with E-state index in [1.165, 1.54) is 24.4 Å². The van der Waals surface area contributed by atoms with Crippen LogP contribution in [0.5, 0.6) is 0 Å². The number of nitrogens with zero attached hydrogens (tertiary/aromatic N) is 4. The highest BCUT2D eigenvalue weighted by molar-refractivity contribution is 5.87. The molecule has 1 aromatic heterocycles. The second-order valence-corrected chi connectivity index (χ2v) is 3.90. The van der Waals surface area contributed by atoms with Crippen LogP contribution in [0.4, 0.5) is 5.82 Å². The van der Waals surface area contributed by atoms with Crippen LogP contribution in [0.1, 0.15) is 10.5 Å². The van der Waals surface area contributed by atoms with Gasteiger partial charge in [-0.1, -0.05) is 0 Å². The van der Waals surface area contributed by atoms with Crippen molar-refractivity contribution in [2.75, 3.05) is 39.7 Å². The molecule has 0 aliphatic heterocycles. The maximum Gasteiger partial charge on any atom is 0.358 e. The van der Waals surface area contributed by atoms with Gasteiger partial charge in [-0.15, -0.1) is 0 Å². The van der Waals surface area contributed by atoms with Crippen molar-refractivity contribution < 1.29 is 14.3 Å². The highest BCUT2D eigenvalue weighted by atomic mass is 16.5. The van der Waals surface area contributed by atoms with Crippen LogP contribution in [0.25, 0.3) is 0 Å². The smallest absolute Gasteiger partial charge is 0.358 e. The Morgan fingerprint density at radius 2 is 1.94 bits per heavy atom. The molecule has 0 spiro atoms. The Labute approximate surface area is 105 Å². The standard InChI is InChI=1S/C11H16N4O3/c1-14(2)10(16)7-15(3)9-6-12-5-8(13-9)11(17)18-4/h5-6H,7H2,1-4H3. The van der Waals surface area contributed by atoms with Crippen molar-refractivity contribution in [1.82, 2.24) is 14.9 Å². The molecule has 0 saturated heterocycles. The monoisotopic (exact) mass is 252 g/mol. The maximum atomic E-state index is 11.5. The highest BCUT2D eigenvalue weighted by Crippen LogP contribution is 2.08. The lowest BCUT2D eigenvalue weighted by Gasteiger charge is -2.19. The molecule has 1 rings (SSSR count). The number of esters is 1. The van der Waals surface area contributed by atoms with Gasteiger partial charge in [0.15, 0.2) is 5.69 Å². The van der Waals surface area contributed by atoms with Crippen molar-refractivity contribution >= 4 is 17.7 Å². The minimum absolute atomic E-state index is 0.0669. The Bertz CT molecular complexity index is 448. The number of methoxy groups -OCH3 is 1. The van der Waals surface area contributed by atoms with Crippen molar-refractivity contribution in [2.45, 2.75) is 0 Å². The molecule has 0 bridgehead atoms. The number of anilines is 1. The average Bonchev–Trinajstić information content (AvgIpc) is 2.37. The molecule has 7 nitrogen and oxygen atoms in total. The SMILES string of the molecule is COC(=O)c1cncc(N(C)CC(=O)N(C)C)n1. The van der Waals surface area contributed by atoms with Crippen LogP contribution < -0.4 is 4.90 Å². The van der Waals surface area contributed by atoms with Crippen LogP contribution in [0, 0.1) is 0 Å². The number of amides is 1. The summed E-state index contributed by atoms with van der Waals surface area (Å²) in [5, 5.41) is 0. The van der Waals surface area contributed by atoms with E-state index < -0.39 is 5.97 Å². The van der Waals surface area contributed by atoms with Gasteiger partial charge in [0.1, 0.15) is 5.82 Å². The molecule has 0 fully saturated rings. The predicted molar refractivity (Wildman–Crippen MR) is 65.3 cm³/mol. The fraction of sp³-hybridized carbons (Fsp3) is 0.455. The van der Waals surface area contributed by atoms with E-state index in [1.807, 2.05) is 0 Å². The summed E-state index contributed by atoms with van der Waals surface area (Å²) in [5.74, 6) is -0.187. The molecule has 98 valence electrons. The van der Waals surface area contributed by atoms with Crippen LogP contribution in [-0.2, 0) is 9.53 Å². The quantitative estimate of drug-likeness (QED) is 0.690. The topological polar surface area (TPSA) is 75.6 Å². The zero-order valence-electron chi connectivity index (χ0n) is 10.9. The van der Waals surface area contributed by atoms with Gasteiger partial charge in [-0.25, -0.2) is 9.78 Å². The van der Waals surface area contributed by atoms with Crippen LogP contribution >= 0.6 is 0 Å². The third kappa shape index (κ3) is 3.41. The first kappa shape index (κ1) is 13.9. The molecule has 1 heterocycles. The van der Waals surface area contributed by atoms with Crippen molar-refractivity contribution in [3.05, 3.63) is 18.1 Å². The summed E-state index contributed by atoms with van der Waals surface area (Å²) >= 11 is 0. The lowest BCUT2D eigenvalue weighted by Crippen LogP contribution is -2.34. The maximum absolute atomic E-state index is 11.5. The van der Waals surface area contributed by atoms with E-state index in [-0.39, 0.29) is 18.1 Å². The van der Waals surface area contributed by atoms with E-state index in [1.54, 1.807) is 26.0 Å². The Kier molecular flexibility index (Phi) is 4.59. The molecular weight excluding hydrogens is 236 g/mol. The Morgan fingerprint density at radius 3 is 2.50 bits per heavy atom. The lowest BCUT2D eigenvalue weighted by molar-refractivity contribution is -0.127. The van der Waals surface area contributed by atoms with Crippen LogP contribution in [0.3, 0.4) is 0 Å². The number of ether oxygens (including phenoxy) is 1. The Balaban J connectivity index is 2.83. The molecule has 0 aliphatic carbocycles. The van der Waals surface area contributed by atoms with E-state index in [4.69, 9.17) is 0 Å². The zero-order valence-corrected chi connectivity index (χ0v) is 10.9. The number of carbonyl (C=O) groups excluding carboxylic acids is 2. The third-order valence-electron chi connectivity index (χ3n) is 2.28. The summed E-state index contributed by atoms with van der Waals surface area (Å²) in [6, 6.07) is 0. The van der Waals surface area contributed by atoms with Gasteiger partial charge in [-0.2, -0.15) is 0 Å². The number of carbonyl (C=O) groups is 2. The van der Waals surface area contributed by atoms with Gasteiger partial charge in [0, 0.05) is 21.1 Å². The first-order valence-electron chi connectivity index (χ1n) is 5.27. The molecule has 0 saturated carbocycles. The zero-order chi connectivity index (χ0) is 13.7. The minimum atomic E-state index is -0.559. The molecule has 0 aromatic carbocycles. The number of aromatic nitrogens is 2. The van der Waals surface area contributed by atoms with Crippen LogP contribution in [0.15, 0.2) is 12.4 Å². The lowest BCUT2D eigenvalue weighted by atomic mass is 10.4. The van der Waals surface area contributed by atoms with Gasteiger partial charge in [-0.05, 0) is 0 Å². The Hall–Kier alpha value is -2.18. The van der Waals surface area contributed by atoms with E-state index >= 15 is 0 Å². The molecule has 0 radical (unpaired) electrons. The summed E-state index contributed by atoms with van der Waals surface area (Å²) in [5.41, 5.74) is 0.110. The Morgan fingerprint density at radius 1 is 1.28 bits per heavy atom. The summed E-state index contributed by atoms with van der Waals surface area (Å²) in [7, 11) is 6.32. The van der Waals surface area contributed by atoms with Crippen LogP contribution in [0.2, 0.25) is 0 Å². The minimum Gasteiger partial charge on any atom is -0.464 e. The normalized spacial score (nSPS) is 9.78.